The van der Waals surface area contributed by atoms with E-state index in [4.69, 9.17) is 37.0 Å². The Hall–Kier alpha value is -5.06. The van der Waals surface area contributed by atoms with Crippen molar-refractivity contribution < 1.29 is 80.2 Å². The molecule has 0 saturated carbocycles. The van der Waals surface area contributed by atoms with Gasteiger partial charge in [-0.25, -0.2) is 9.13 Å². The summed E-state index contributed by atoms with van der Waals surface area (Å²) in [5.74, 6) is -2.31. The lowest BCUT2D eigenvalue weighted by atomic mass is 10.1. The Morgan fingerprint density at radius 1 is 0.274 bits per heavy atom. The fourth-order valence-electron chi connectivity index (χ4n) is 10.5. The van der Waals surface area contributed by atoms with Crippen LogP contribution in [0.1, 0.15) is 323 Å². The fourth-order valence-corrected chi connectivity index (χ4v) is 12.1. The van der Waals surface area contributed by atoms with Crippen molar-refractivity contribution in [3.63, 3.8) is 0 Å². The molecule has 3 N–H and O–H groups in total. The van der Waals surface area contributed by atoms with E-state index < -0.39 is 97.5 Å². The number of aliphatic hydroxyl groups is 1. The molecule has 606 valence electrons. The van der Waals surface area contributed by atoms with E-state index in [1.54, 1.807) is 0 Å². The summed E-state index contributed by atoms with van der Waals surface area (Å²) >= 11 is 0. The second-order valence-corrected chi connectivity index (χ2v) is 29.9. The van der Waals surface area contributed by atoms with Gasteiger partial charge in [-0.2, -0.15) is 0 Å². The van der Waals surface area contributed by atoms with Gasteiger partial charge in [-0.1, -0.05) is 289 Å². The van der Waals surface area contributed by atoms with Crippen LogP contribution in [0.4, 0.5) is 0 Å². The summed E-state index contributed by atoms with van der Waals surface area (Å²) in [6, 6.07) is 0. The van der Waals surface area contributed by atoms with E-state index in [-0.39, 0.29) is 25.7 Å². The molecule has 0 rings (SSSR count). The first kappa shape index (κ1) is 101. The summed E-state index contributed by atoms with van der Waals surface area (Å²) in [4.78, 5) is 73.1. The highest BCUT2D eigenvalue weighted by atomic mass is 31.2. The van der Waals surface area contributed by atoms with Crippen LogP contribution in [0.25, 0.3) is 0 Å². The van der Waals surface area contributed by atoms with Crippen molar-refractivity contribution >= 4 is 39.5 Å². The molecule has 0 bridgehead atoms. The van der Waals surface area contributed by atoms with Gasteiger partial charge in [0.15, 0.2) is 12.2 Å². The van der Waals surface area contributed by atoms with Crippen LogP contribution in [-0.2, 0) is 65.4 Å². The van der Waals surface area contributed by atoms with Gasteiger partial charge in [-0.15, -0.1) is 0 Å². The van der Waals surface area contributed by atoms with E-state index in [1.807, 2.05) is 18.2 Å². The zero-order valence-corrected chi connectivity index (χ0v) is 68.1. The van der Waals surface area contributed by atoms with Gasteiger partial charge in [-0.3, -0.25) is 37.3 Å². The monoisotopic (exact) mass is 1530 g/mol. The molecule has 0 aromatic carbocycles. The molecule has 19 heteroatoms. The number of allylic oxidation sites excluding steroid dienone is 24. The maximum atomic E-state index is 13.1. The molecule has 0 aromatic rings. The first-order chi connectivity index (χ1) is 51.7. The molecule has 0 radical (unpaired) electrons. The summed E-state index contributed by atoms with van der Waals surface area (Å²) in [5, 5.41) is 10.6. The molecule has 0 heterocycles. The lowest BCUT2D eigenvalue weighted by molar-refractivity contribution is -0.161. The third kappa shape index (κ3) is 77.1. The van der Waals surface area contributed by atoms with Gasteiger partial charge in [0.1, 0.15) is 19.3 Å². The third-order valence-electron chi connectivity index (χ3n) is 16.8. The molecule has 17 nitrogen and oxygen atoms in total. The summed E-state index contributed by atoms with van der Waals surface area (Å²) in [6.45, 7) is 4.55. The van der Waals surface area contributed by atoms with Gasteiger partial charge in [0.05, 0.1) is 26.4 Å². The second-order valence-electron chi connectivity index (χ2n) is 27.0. The maximum absolute atomic E-state index is 13.1. The minimum absolute atomic E-state index is 0.0311. The van der Waals surface area contributed by atoms with Crippen molar-refractivity contribution in [3.8, 4) is 0 Å². The number of unbranched alkanes of at least 4 members (excludes halogenated alkanes) is 26. The van der Waals surface area contributed by atoms with Crippen molar-refractivity contribution in [2.75, 3.05) is 39.6 Å². The summed E-state index contributed by atoms with van der Waals surface area (Å²) < 4.78 is 68.6. The van der Waals surface area contributed by atoms with Crippen LogP contribution >= 0.6 is 15.6 Å². The molecular weight excluding hydrogens is 1380 g/mol. The Kier molecular flexibility index (Phi) is 74.3. The van der Waals surface area contributed by atoms with Crippen molar-refractivity contribution in [2.45, 2.75) is 341 Å². The van der Waals surface area contributed by atoms with Crippen LogP contribution in [-0.4, -0.2) is 96.7 Å². The van der Waals surface area contributed by atoms with E-state index in [1.165, 1.54) is 57.8 Å². The molecule has 0 spiro atoms. The molecule has 0 fully saturated rings. The smallest absolute Gasteiger partial charge is 0.462 e. The predicted molar refractivity (Wildman–Crippen MR) is 436 cm³/mol. The summed E-state index contributed by atoms with van der Waals surface area (Å²) in [7, 11) is -10.00. The van der Waals surface area contributed by atoms with Crippen LogP contribution < -0.4 is 0 Å². The van der Waals surface area contributed by atoms with Crippen molar-refractivity contribution in [1.29, 1.82) is 0 Å². The van der Waals surface area contributed by atoms with Crippen LogP contribution in [0.2, 0.25) is 0 Å². The zero-order valence-electron chi connectivity index (χ0n) is 66.3. The number of ether oxygens (including phenoxy) is 4. The molecule has 106 heavy (non-hydrogen) atoms. The molecule has 0 aliphatic heterocycles. The van der Waals surface area contributed by atoms with E-state index in [0.29, 0.717) is 32.1 Å². The topological polar surface area (TPSA) is 237 Å². The van der Waals surface area contributed by atoms with Crippen LogP contribution in [0.3, 0.4) is 0 Å². The largest absolute Gasteiger partial charge is 0.472 e. The van der Waals surface area contributed by atoms with Gasteiger partial charge in [0.25, 0.3) is 0 Å². The number of hydrogen-bond donors (Lipinski definition) is 3. The lowest BCUT2D eigenvalue weighted by Gasteiger charge is -2.21. The van der Waals surface area contributed by atoms with Crippen LogP contribution in [0.15, 0.2) is 146 Å². The molecular formula is C87H146O17P2. The van der Waals surface area contributed by atoms with Gasteiger partial charge >= 0.3 is 39.5 Å². The number of aliphatic hydroxyl groups excluding tert-OH is 1. The summed E-state index contributed by atoms with van der Waals surface area (Å²) in [5.41, 5.74) is 0. The zero-order chi connectivity index (χ0) is 77.4. The first-order valence-electron chi connectivity index (χ1n) is 41.1. The van der Waals surface area contributed by atoms with Crippen molar-refractivity contribution in [1.82, 2.24) is 0 Å². The third-order valence-corrected chi connectivity index (χ3v) is 18.7. The number of carbonyl (C=O) groups is 4. The van der Waals surface area contributed by atoms with E-state index in [9.17, 15) is 43.2 Å². The highest BCUT2D eigenvalue weighted by Crippen LogP contribution is 2.45. The number of esters is 4. The normalized spacial score (nSPS) is 14.6. The maximum Gasteiger partial charge on any atom is 0.472 e. The minimum Gasteiger partial charge on any atom is -0.462 e. The average molecular weight is 1530 g/mol. The Balaban J connectivity index is 5.43. The van der Waals surface area contributed by atoms with Crippen LogP contribution in [0.5, 0.6) is 0 Å². The Morgan fingerprint density at radius 3 is 0.877 bits per heavy atom. The number of phosphoric ester groups is 2. The van der Waals surface area contributed by atoms with E-state index in [0.717, 1.165) is 180 Å². The minimum atomic E-state index is -5.00. The highest BCUT2D eigenvalue weighted by Gasteiger charge is 2.30. The molecule has 0 aliphatic carbocycles. The number of hydrogen-bond acceptors (Lipinski definition) is 15. The lowest BCUT2D eigenvalue weighted by Crippen LogP contribution is -2.30. The standard InChI is InChI=1S/C87H146O17P2/c1-5-9-13-17-21-25-29-33-36-38-40-42-45-48-51-55-59-63-67-71-84(89)97-77-82(103-86(91)73-69-65-61-57-53-47-32-28-24-20-16-12-8-4)79-101-105(93,94)99-75-81(88)76-100-106(95,96)102-80-83(104-87(92)74-70-66-62-58-54-50-44-35-31-27-23-19-15-11-7-3)78-98-85(90)72-68-64-60-56-52-49-46-43-41-39-37-34-30-26-22-18-14-10-6-2/h10,14,16,20-22,25-26,28,32-37,40-44,49,52,60,64,81-83,88H,5-9,11-13,15,17-19,23-24,27,29-31,38-39,45-48,50-51,53-59,61-63,65-80H2,1-4H3,(H,93,94)(H,95,96)/b14-10-,20-16-,25-21-,26-22-,32-28-,36-33-,37-34-,42-40-,43-41-,44-35-,52-49-,64-60-. The van der Waals surface area contributed by atoms with Gasteiger partial charge in [0.2, 0.25) is 0 Å². The number of carbonyl (C=O) groups excluding carboxylic acids is 4. The molecule has 0 saturated heterocycles. The molecule has 5 atom stereocenters. The number of phosphoric acid groups is 2. The Labute approximate surface area is 643 Å². The highest BCUT2D eigenvalue weighted by molar-refractivity contribution is 7.47. The van der Waals surface area contributed by atoms with Crippen molar-refractivity contribution in [2.24, 2.45) is 0 Å². The van der Waals surface area contributed by atoms with Crippen LogP contribution in [0, 0.1) is 0 Å². The Morgan fingerprint density at radius 2 is 0.528 bits per heavy atom. The first-order valence-corrected chi connectivity index (χ1v) is 44.1. The molecule has 5 unspecified atom stereocenters. The predicted octanol–water partition coefficient (Wildman–Crippen LogP) is 24.2. The van der Waals surface area contributed by atoms with Gasteiger partial charge in [-0.05, 0) is 154 Å². The quantitative estimate of drug-likeness (QED) is 0.0169. The SMILES string of the molecule is CC/C=C\C/C=C\C/C=C\C/C=C\C/C=C\C/C=C\CCC(=O)OCC(COP(=O)(O)OCC(O)COP(=O)(O)OCC(COC(=O)CCCCCCCC/C=C\C/C=C\C/C=C\CCCCC)OC(=O)CCCCCCC/C=C\C/C=C\CCC)OC(=O)CCCCCCC/C=C\CCCCCCCC. The molecule has 0 aromatic heterocycles. The Bertz CT molecular complexity index is 2580. The van der Waals surface area contributed by atoms with E-state index in [2.05, 4.69) is 155 Å². The van der Waals surface area contributed by atoms with Gasteiger partial charge < -0.3 is 33.8 Å². The average Bonchev–Trinajstić information content (AvgIpc) is 0.933. The fraction of sp³-hybridized carbons (Fsp3) is 0.678. The molecule has 0 amide bonds. The van der Waals surface area contributed by atoms with Gasteiger partial charge in [0, 0.05) is 25.7 Å². The van der Waals surface area contributed by atoms with E-state index >= 15 is 0 Å². The number of rotatable bonds is 76. The summed E-state index contributed by atoms with van der Waals surface area (Å²) in [6.07, 6.45) is 89.8. The van der Waals surface area contributed by atoms with Crippen molar-refractivity contribution in [3.05, 3.63) is 146 Å². The second kappa shape index (κ2) is 78.1. The molecule has 0 aliphatic rings.